The minimum Gasteiger partial charge on any atom is -0.393 e. The van der Waals surface area contributed by atoms with Crippen molar-refractivity contribution in [3.8, 4) is 0 Å². The molecule has 4 heteroatoms. The second kappa shape index (κ2) is 12.1. The van der Waals surface area contributed by atoms with Crippen molar-refractivity contribution in [1.29, 1.82) is 0 Å². The zero-order chi connectivity index (χ0) is 26.8. The molecule has 0 aromatic heterocycles. The lowest BCUT2D eigenvalue weighted by atomic mass is 9.48. The lowest BCUT2D eigenvalue weighted by Crippen LogP contribution is -2.57. The van der Waals surface area contributed by atoms with Crippen LogP contribution >= 0.6 is 0 Å². The fraction of sp³-hybridized carbons (Fsp3) is 0.818. The summed E-state index contributed by atoms with van der Waals surface area (Å²) in [6.07, 6.45) is 9.24. The Morgan fingerprint density at radius 1 is 1.00 bits per heavy atom. The van der Waals surface area contributed by atoms with Gasteiger partial charge in [0.05, 0.1) is 18.3 Å². The molecule has 0 saturated heterocycles. The maximum absolute atomic E-state index is 11.8. The summed E-state index contributed by atoms with van der Waals surface area (Å²) in [5, 5.41) is 33.4. The number of aliphatic hydroxyl groups excluding tert-OH is 3. The number of rotatable bonds is 10. The van der Waals surface area contributed by atoms with Crippen LogP contribution in [0.5, 0.6) is 0 Å². The lowest BCUT2D eigenvalue weighted by molar-refractivity contribution is -0.166. The van der Waals surface area contributed by atoms with E-state index in [2.05, 4.69) is 70.0 Å². The van der Waals surface area contributed by atoms with Crippen molar-refractivity contribution in [1.82, 2.24) is 4.90 Å². The van der Waals surface area contributed by atoms with Gasteiger partial charge in [-0.25, -0.2) is 0 Å². The van der Waals surface area contributed by atoms with Crippen LogP contribution in [0.25, 0.3) is 0 Å². The number of nitrogens with zero attached hydrogens (tertiary/aromatic N) is 1. The van der Waals surface area contributed by atoms with Gasteiger partial charge in [0, 0.05) is 6.54 Å². The van der Waals surface area contributed by atoms with E-state index in [0.717, 1.165) is 58.0 Å². The molecule has 0 aliphatic heterocycles. The predicted molar refractivity (Wildman–Crippen MR) is 152 cm³/mol. The van der Waals surface area contributed by atoms with E-state index in [1.54, 1.807) is 0 Å². The average molecular weight is 514 g/mol. The molecule has 0 spiro atoms. The molecule has 3 fully saturated rings. The van der Waals surface area contributed by atoms with Crippen molar-refractivity contribution in [3.63, 3.8) is 0 Å². The van der Waals surface area contributed by atoms with Crippen molar-refractivity contribution >= 4 is 0 Å². The highest BCUT2D eigenvalue weighted by molar-refractivity contribution is 5.14. The van der Waals surface area contributed by atoms with E-state index < -0.39 is 0 Å². The highest BCUT2D eigenvalue weighted by Gasteiger charge is 2.62. The van der Waals surface area contributed by atoms with Gasteiger partial charge in [-0.1, -0.05) is 58.0 Å². The molecular weight excluding hydrogens is 458 g/mol. The van der Waals surface area contributed by atoms with E-state index in [1.165, 1.54) is 24.8 Å². The molecule has 0 radical (unpaired) electrons. The summed E-state index contributed by atoms with van der Waals surface area (Å²) in [7, 11) is 2.22. The van der Waals surface area contributed by atoms with Gasteiger partial charge in [0.1, 0.15) is 0 Å². The van der Waals surface area contributed by atoms with E-state index in [1.807, 2.05) is 0 Å². The third-order valence-electron chi connectivity index (χ3n) is 11.5. The van der Waals surface area contributed by atoms with Crippen LogP contribution in [0.4, 0.5) is 0 Å². The number of aliphatic hydroxyl groups is 3. The van der Waals surface area contributed by atoms with Crippen LogP contribution < -0.4 is 0 Å². The van der Waals surface area contributed by atoms with Gasteiger partial charge in [-0.05, 0) is 124 Å². The molecule has 3 N–H and O–H groups in total. The topological polar surface area (TPSA) is 63.9 Å². The number of hydrogen-bond acceptors (Lipinski definition) is 4. The number of fused-ring (bicyclic) bond motifs is 1. The first-order valence-electron chi connectivity index (χ1n) is 15.4. The number of hydrogen-bond donors (Lipinski definition) is 3. The summed E-state index contributed by atoms with van der Waals surface area (Å²) in [4.78, 5) is 2.43. The first-order chi connectivity index (χ1) is 17.6. The smallest absolute Gasteiger partial charge is 0.0602 e. The molecule has 3 saturated carbocycles. The Morgan fingerprint density at radius 3 is 2.32 bits per heavy atom. The fourth-order valence-corrected chi connectivity index (χ4v) is 9.24. The minimum atomic E-state index is -0.304. The maximum Gasteiger partial charge on any atom is 0.0602 e. The van der Waals surface area contributed by atoms with Gasteiger partial charge in [0.15, 0.2) is 0 Å². The van der Waals surface area contributed by atoms with E-state index in [9.17, 15) is 15.3 Å². The molecule has 0 amide bonds. The van der Waals surface area contributed by atoms with Crippen molar-refractivity contribution in [2.75, 3.05) is 13.6 Å². The molecule has 1 aromatic carbocycles. The zero-order valence-electron chi connectivity index (χ0n) is 24.3. The van der Waals surface area contributed by atoms with Gasteiger partial charge in [-0.2, -0.15) is 0 Å². The van der Waals surface area contributed by atoms with Crippen LogP contribution in [0.3, 0.4) is 0 Å². The summed E-state index contributed by atoms with van der Waals surface area (Å²) in [6.45, 7) is 11.4. The SMILES string of the molecule is CC[C@@H](O)C1[C@@H](C2(C)CCC(O)CC2)C[C@H](O)[C@]2(C)[C@@H](C(C)CCCN(C)Cc3ccccc3)CC[C@@H]12. The molecule has 1 aromatic rings. The quantitative estimate of drug-likeness (QED) is 0.345. The Kier molecular flexibility index (Phi) is 9.47. The molecular formula is C33H55NO3. The Hall–Kier alpha value is -0.940. The Morgan fingerprint density at radius 2 is 1.68 bits per heavy atom. The third kappa shape index (κ3) is 5.98. The fourth-order valence-electron chi connectivity index (χ4n) is 9.24. The zero-order valence-corrected chi connectivity index (χ0v) is 24.3. The van der Waals surface area contributed by atoms with Crippen LogP contribution in [0.1, 0.15) is 97.5 Å². The molecule has 8 atom stereocenters. The second-order valence-electron chi connectivity index (χ2n) is 13.8. The van der Waals surface area contributed by atoms with E-state index >= 15 is 0 Å². The summed E-state index contributed by atoms with van der Waals surface area (Å²) >= 11 is 0. The van der Waals surface area contributed by atoms with Crippen molar-refractivity contribution in [2.24, 2.45) is 40.4 Å². The van der Waals surface area contributed by atoms with Gasteiger partial charge < -0.3 is 20.2 Å². The van der Waals surface area contributed by atoms with Crippen molar-refractivity contribution in [3.05, 3.63) is 35.9 Å². The van der Waals surface area contributed by atoms with Gasteiger partial charge in [0.2, 0.25) is 0 Å². The van der Waals surface area contributed by atoms with Gasteiger partial charge in [-0.3, -0.25) is 0 Å². The van der Waals surface area contributed by atoms with E-state index in [4.69, 9.17) is 0 Å². The second-order valence-corrected chi connectivity index (χ2v) is 13.8. The summed E-state index contributed by atoms with van der Waals surface area (Å²) < 4.78 is 0. The van der Waals surface area contributed by atoms with Crippen LogP contribution in [0, 0.1) is 40.4 Å². The normalized spacial score (nSPS) is 39.9. The van der Waals surface area contributed by atoms with Crippen LogP contribution in [0.15, 0.2) is 30.3 Å². The molecule has 3 aliphatic carbocycles. The highest BCUT2D eigenvalue weighted by Crippen LogP contribution is 2.65. The molecule has 4 nitrogen and oxygen atoms in total. The molecule has 0 heterocycles. The molecule has 4 rings (SSSR count). The highest BCUT2D eigenvalue weighted by atomic mass is 16.3. The van der Waals surface area contributed by atoms with Gasteiger partial charge in [0.25, 0.3) is 0 Å². The Labute approximate surface area is 226 Å². The van der Waals surface area contributed by atoms with Crippen LogP contribution in [-0.2, 0) is 6.54 Å². The standard InChI is InChI=1S/C33H55NO3/c1-6-29(36)31-27-15-14-26(23(2)11-10-20-34(5)22-24-12-8-7-9-13-24)33(27,4)30(37)21-28(31)32(3)18-16-25(35)17-19-32/h7-9,12-13,23,25-31,35-37H,6,10-11,14-22H2,1-5H3/t23?,25?,26-,27+,28+,29-,30+,31?,32?,33-/m1/s1. The van der Waals surface area contributed by atoms with Gasteiger partial charge in [-0.15, -0.1) is 0 Å². The monoisotopic (exact) mass is 513 g/mol. The van der Waals surface area contributed by atoms with Gasteiger partial charge >= 0.3 is 0 Å². The third-order valence-corrected chi connectivity index (χ3v) is 11.5. The Bertz CT molecular complexity index is 837. The van der Waals surface area contributed by atoms with Crippen LogP contribution in [-0.4, -0.2) is 52.1 Å². The lowest BCUT2D eigenvalue weighted by Gasteiger charge is -2.58. The van der Waals surface area contributed by atoms with E-state index in [0.29, 0.717) is 23.7 Å². The molecule has 3 aliphatic rings. The first-order valence-corrected chi connectivity index (χ1v) is 15.4. The minimum absolute atomic E-state index is 0.107. The van der Waals surface area contributed by atoms with Crippen molar-refractivity contribution < 1.29 is 15.3 Å². The van der Waals surface area contributed by atoms with Crippen molar-refractivity contribution in [2.45, 2.75) is 117 Å². The largest absolute Gasteiger partial charge is 0.393 e. The maximum atomic E-state index is 11.8. The number of benzene rings is 1. The average Bonchev–Trinajstić information content (AvgIpc) is 3.24. The summed E-state index contributed by atoms with van der Waals surface area (Å²) in [6, 6.07) is 10.7. The first kappa shape index (κ1) is 29.1. The molecule has 0 bridgehead atoms. The summed E-state index contributed by atoms with van der Waals surface area (Å²) in [5.74, 6) is 2.07. The molecule has 210 valence electrons. The van der Waals surface area contributed by atoms with E-state index in [-0.39, 0.29) is 35.1 Å². The van der Waals surface area contributed by atoms with Crippen LogP contribution in [0.2, 0.25) is 0 Å². The Balaban J connectivity index is 1.43. The molecule has 2 unspecified atom stereocenters. The summed E-state index contributed by atoms with van der Waals surface area (Å²) in [5.41, 5.74) is 1.36. The predicted octanol–water partition coefficient (Wildman–Crippen LogP) is 6.28. The molecule has 37 heavy (non-hydrogen) atoms.